The number of anilines is 1. The van der Waals surface area contributed by atoms with Crippen molar-refractivity contribution in [1.29, 1.82) is 0 Å². The largest absolute Gasteiger partial charge is 0.389 e. The standard InChI is InChI=1S/C16H20ClNO2/c17-14-4-5-15(12(9-14)11-19)18-8-7-16(20)6-2-1-3-13(16)10-18/h4-5,9,11,13,20H,1-3,6-8,10H2. The van der Waals surface area contributed by atoms with E-state index in [9.17, 15) is 9.90 Å². The molecule has 1 aromatic carbocycles. The summed E-state index contributed by atoms with van der Waals surface area (Å²) in [6, 6.07) is 5.45. The van der Waals surface area contributed by atoms with Gasteiger partial charge in [0.15, 0.2) is 6.29 Å². The number of halogens is 1. The quantitative estimate of drug-likeness (QED) is 0.851. The highest BCUT2D eigenvalue weighted by atomic mass is 35.5. The van der Waals surface area contributed by atoms with Crippen LogP contribution in [0, 0.1) is 5.92 Å². The summed E-state index contributed by atoms with van der Waals surface area (Å²) in [4.78, 5) is 13.5. The number of hydrogen-bond acceptors (Lipinski definition) is 3. The Balaban J connectivity index is 1.84. The number of fused-ring (bicyclic) bond motifs is 1. The van der Waals surface area contributed by atoms with Crippen molar-refractivity contribution in [2.45, 2.75) is 37.7 Å². The normalized spacial score (nSPS) is 29.9. The Hall–Kier alpha value is -1.06. The van der Waals surface area contributed by atoms with Crippen LogP contribution in [0.4, 0.5) is 5.69 Å². The van der Waals surface area contributed by atoms with Gasteiger partial charge in [-0.2, -0.15) is 0 Å². The van der Waals surface area contributed by atoms with Gasteiger partial charge in [0, 0.05) is 35.3 Å². The summed E-state index contributed by atoms with van der Waals surface area (Å²) in [6.45, 7) is 1.63. The predicted molar refractivity (Wildman–Crippen MR) is 80.6 cm³/mol. The van der Waals surface area contributed by atoms with Gasteiger partial charge in [-0.25, -0.2) is 0 Å². The second-order valence-electron chi connectivity index (χ2n) is 6.06. The molecule has 1 N–H and O–H groups in total. The highest BCUT2D eigenvalue weighted by Gasteiger charge is 2.42. The van der Waals surface area contributed by atoms with E-state index in [1.54, 1.807) is 6.07 Å². The van der Waals surface area contributed by atoms with Gasteiger partial charge >= 0.3 is 0 Å². The van der Waals surface area contributed by atoms with Gasteiger partial charge in [-0.15, -0.1) is 0 Å². The summed E-state index contributed by atoms with van der Waals surface area (Å²) in [5.41, 5.74) is 1.10. The lowest BCUT2D eigenvalue weighted by Gasteiger charge is -2.48. The van der Waals surface area contributed by atoms with Crippen molar-refractivity contribution in [2.24, 2.45) is 5.92 Å². The van der Waals surface area contributed by atoms with E-state index in [0.29, 0.717) is 16.5 Å². The fourth-order valence-electron chi connectivity index (χ4n) is 3.70. The van der Waals surface area contributed by atoms with Crippen molar-refractivity contribution in [1.82, 2.24) is 0 Å². The average Bonchev–Trinajstić information content (AvgIpc) is 2.46. The monoisotopic (exact) mass is 293 g/mol. The molecule has 1 aromatic rings. The third kappa shape index (κ3) is 2.45. The smallest absolute Gasteiger partial charge is 0.152 e. The van der Waals surface area contributed by atoms with Crippen molar-refractivity contribution in [2.75, 3.05) is 18.0 Å². The minimum Gasteiger partial charge on any atom is -0.389 e. The first-order valence-corrected chi connectivity index (χ1v) is 7.72. The first-order chi connectivity index (χ1) is 9.62. The molecule has 0 amide bonds. The summed E-state index contributed by atoms with van der Waals surface area (Å²) in [5, 5.41) is 11.3. The second-order valence-corrected chi connectivity index (χ2v) is 6.50. The fraction of sp³-hybridized carbons (Fsp3) is 0.562. The van der Waals surface area contributed by atoms with Gasteiger partial charge in [0.25, 0.3) is 0 Å². The van der Waals surface area contributed by atoms with Crippen LogP contribution >= 0.6 is 11.6 Å². The van der Waals surface area contributed by atoms with E-state index in [-0.39, 0.29) is 0 Å². The Morgan fingerprint density at radius 1 is 1.35 bits per heavy atom. The molecule has 0 spiro atoms. The van der Waals surface area contributed by atoms with Crippen LogP contribution < -0.4 is 4.90 Å². The molecule has 2 fully saturated rings. The van der Waals surface area contributed by atoms with Crippen molar-refractivity contribution in [3.63, 3.8) is 0 Å². The highest BCUT2D eigenvalue weighted by Crippen LogP contribution is 2.41. The number of rotatable bonds is 2. The summed E-state index contributed by atoms with van der Waals surface area (Å²) in [5.74, 6) is 0.320. The molecular weight excluding hydrogens is 274 g/mol. The molecule has 1 heterocycles. The Morgan fingerprint density at radius 3 is 3.00 bits per heavy atom. The van der Waals surface area contributed by atoms with Crippen LogP contribution in [0.2, 0.25) is 5.02 Å². The number of aldehydes is 1. The van der Waals surface area contributed by atoms with E-state index in [2.05, 4.69) is 4.90 Å². The summed E-state index contributed by atoms with van der Waals surface area (Å²) >= 11 is 5.95. The van der Waals surface area contributed by atoms with Crippen LogP contribution in [0.5, 0.6) is 0 Å². The molecule has 0 bridgehead atoms. The number of hydrogen-bond donors (Lipinski definition) is 1. The number of carbonyl (C=O) groups is 1. The molecule has 2 unspecified atom stereocenters. The van der Waals surface area contributed by atoms with Crippen LogP contribution in [0.1, 0.15) is 42.5 Å². The molecule has 1 aliphatic heterocycles. The lowest BCUT2D eigenvalue weighted by molar-refractivity contribution is -0.0612. The third-order valence-electron chi connectivity index (χ3n) is 4.88. The summed E-state index contributed by atoms with van der Waals surface area (Å²) in [6.07, 6.45) is 5.99. The molecule has 108 valence electrons. The fourth-order valence-corrected chi connectivity index (χ4v) is 3.88. The average molecular weight is 294 g/mol. The number of nitrogens with zero attached hydrogens (tertiary/aromatic N) is 1. The van der Waals surface area contributed by atoms with E-state index in [0.717, 1.165) is 50.7 Å². The molecule has 4 heteroatoms. The Morgan fingerprint density at radius 2 is 2.20 bits per heavy atom. The van der Waals surface area contributed by atoms with E-state index in [1.165, 1.54) is 6.42 Å². The summed E-state index contributed by atoms with van der Waals surface area (Å²) in [7, 11) is 0. The first-order valence-electron chi connectivity index (χ1n) is 7.34. The highest BCUT2D eigenvalue weighted by molar-refractivity contribution is 6.31. The van der Waals surface area contributed by atoms with Gasteiger partial charge in [-0.1, -0.05) is 24.4 Å². The van der Waals surface area contributed by atoms with Gasteiger partial charge in [0.05, 0.1) is 5.60 Å². The van der Waals surface area contributed by atoms with Crippen LogP contribution in [-0.2, 0) is 0 Å². The predicted octanol–water partition coefficient (Wildman–Crippen LogP) is 3.28. The Bertz CT molecular complexity index is 519. The topological polar surface area (TPSA) is 40.5 Å². The van der Waals surface area contributed by atoms with Gasteiger partial charge in [0.1, 0.15) is 0 Å². The first kappa shape index (κ1) is 13.9. The molecule has 1 aliphatic carbocycles. The van der Waals surface area contributed by atoms with Crippen molar-refractivity contribution >= 4 is 23.6 Å². The Kier molecular flexibility index (Phi) is 3.74. The number of piperidine rings is 1. The van der Waals surface area contributed by atoms with Gasteiger partial charge < -0.3 is 10.0 Å². The van der Waals surface area contributed by atoms with Gasteiger partial charge in [-0.3, -0.25) is 4.79 Å². The molecular formula is C16H20ClNO2. The van der Waals surface area contributed by atoms with Crippen molar-refractivity contribution in [3.05, 3.63) is 28.8 Å². The molecule has 3 rings (SSSR count). The third-order valence-corrected chi connectivity index (χ3v) is 5.12. The van der Waals surface area contributed by atoms with Crippen LogP contribution in [-0.4, -0.2) is 30.1 Å². The minimum absolute atomic E-state index is 0.320. The SMILES string of the molecule is O=Cc1cc(Cl)ccc1N1CCC2(O)CCCCC2C1. The van der Waals surface area contributed by atoms with Gasteiger partial charge in [0.2, 0.25) is 0 Å². The van der Waals surface area contributed by atoms with Gasteiger partial charge in [-0.05, 0) is 37.5 Å². The second kappa shape index (κ2) is 5.38. The molecule has 0 radical (unpaired) electrons. The zero-order valence-corrected chi connectivity index (χ0v) is 12.3. The Labute approximate surface area is 124 Å². The van der Waals surface area contributed by atoms with E-state index < -0.39 is 5.60 Å². The molecule has 2 aliphatic rings. The molecule has 20 heavy (non-hydrogen) atoms. The molecule has 1 saturated carbocycles. The maximum atomic E-state index is 11.2. The van der Waals surface area contributed by atoms with Crippen LogP contribution in [0.15, 0.2) is 18.2 Å². The lowest BCUT2D eigenvalue weighted by atomic mass is 9.71. The van der Waals surface area contributed by atoms with E-state index >= 15 is 0 Å². The van der Waals surface area contributed by atoms with Crippen molar-refractivity contribution in [3.8, 4) is 0 Å². The van der Waals surface area contributed by atoms with Crippen LogP contribution in [0.25, 0.3) is 0 Å². The van der Waals surface area contributed by atoms with E-state index in [4.69, 9.17) is 11.6 Å². The zero-order chi connectivity index (χ0) is 14.2. The van der Waals surface area contributed by atoms with Crippen molar-refractivity contribution < 1.29 is 9.90 Å². The van der Waals surface area contributed by atoms with E-state index in [1.807, 2.05) is 12.1 Å². The molecule has 0 aromatic heterocycles. The molecule has 3 nitrogen and oxygen atoms in total. The maximum Gasteiger partial charge on any atom is 0.152 e. The lowest BCUT2D eigenvalue weighted by Crippen LogP contribution is -2.53. The molecule has 2 atom stereocenters. The number of benzene rings is 1. The molecule has 1 saturated heterocycles. The minimum atomic E-state index is -0.484. The zero-order valence-electron chi connectivity index (χ0n) is 11.5. The number of aliphatic hydroxyl groups is 1. The number of carbonyl (C=O) groups excluding carboxylic acids is 1. The summed E-state index contributed by atoms with van der Waals surface area (Å²) < 4.78 is 0. The van der Waals surface area contributed by atoms with Crippen LogP contribution in [0.3, 0.4) is 0 Å². The maximum absolute atomic E-state index is 11.2.